The zero-order valence-electron chi connectivity index (χ0n) is 25.0. The van der Waals surface area contributed by atoms with Crippen molar-refractivity contribution in [3.63, 3.8) is 0 Å². The molecule has 0 saturated carbocycles. The van der Waals surface area contributed by atoms with Gasteiger partial charge in [0.05, 0.1) is 36.9 Å². The van der Waals surface area contributed by atoms with Crippen LogP contribution in [0.1, 0.15) is 55.2 Å². The summed E-state index contributed by atoms with van der Waals surface area (Å²) >= 11 is 6.39. The molecule has 5 aromatic rings. The van der Waals surface area contributed by atoms with Crippen LogP contribution >= 0.6 is 11.6 Å². The maximum atomic E-state index is 13.6. The van der Waals surface area contributed by atoms with Gasteiger partial charge in [0, 0.05) is 28.0 Å². The first-order valence-corrected chi connectivity index (χ1v) is 14.6. The van der Waals surface area contributed by atoms with Crippen LogP contribution in [0.4, 0.5) is 10.5 Å². The summed E-state index contributed by atoms with van der Waals surface area (Å²) in [6, 6.07) is 15.8. The second-order valence-corrected chi connectivity index (χ2v) is 12.0. The normalized spacial score (nSPS) is 14.2. The third kappa shape index (κ3) is 6.22. The molecule has 0 spiro atoms. The van der Waals surface area contributed by atoms with Gasteiger partial charge in [-0.1, -0.05) is 28.9 Å². The van der Waals surface area contributed by atoms with Gasteiger partial charge >= 0.3 is 12.1 Å². The molecule has 12 nitrogen and oxygen atoms in total. The van der Waals surface area contributed by atoms with Gasteiger partial charge < -0.3 is 19.0 Å². The van der Waals surface area contributed by atoms with Gasteiger partial charge in [0.1, 0.15) is 11.4 Å². The van der Waals surface area contributed by atoms with Crippen molar-refractivity contribution in [1.82, 2.24) is 29.5 Å². The second kappa shape index (κ2) is 11.7. The summed E-state index contributed by atoms with van der Waals surface area (Å²) in [4.78, 5) is 45.6. The predicted molar refractivity (Wildman–Crippen MR) is 168 cm³/mol. The number of aryl methyl sites for hydroxylation is 1. The minimum Gasteiger partial charge on any atom is -0.455 e. The summed E-state index contributed by atoms with van der Waals surface area (Å²) in [7, 11) is 1.31. The number of carbonyl (C=O) groups excluding carboxylic acids is 2. The summed E-state index contributed by atoms with van der Waals surface area (Å²) in [6.07, 6.45) is 4.04. The third-order valence-electron chi connectivity index (χ3n) is 7.29. The number of ether oxygens (including phenoxy) is 2. The Kier molecular flexibility index (Phi) is 7.75. The van der Waals surface area contributed by atoms with Crippen molar-refractivity contribution in [1.29, 1.82) is 0 Å². The van der Waals surface area contributed by atoms with Gasteiger partial charge in [-0.05, 0) is 81.1 Å². The molecule has 0 radical (unpaired) electrons. The molecular formula is C32H30ClN7O5. The van der Waals surface area contributed by atoms with E-state index in [1.165, 1.54) is 18.0 Å². The van der Waals surface area contributed by atoms with E-state index >= 15 is 0 Å². The lowest BCUT2D eigenvalue weighted by atomic mass is 10.0. The van der Waals surface area contributed by atoms with Crippen molar-refractivity contribution < 1.29 is 19.1 Å². The molecule has 0 aliphatic carbocycles. The van der Waals surface area contributed by atoms with Crippen molar-refractivity contribution >= 4 is 29.4 Å². The molecule has 45 heavy (non-hydrogen) atoms. The average molecular weight is 628 g/mol. The molecular weight excluding hydrogens is 598 g/mol. The van der Waals surface area contributed by atoms with Crippen LogP contribution in [0.25, 0.3) is 28.1 Å². The number of esters is 1. The number of nitrogens with one attached hydrogen (secondary N) is 2. The fraction of sp³-hybridized carbons (Fsp3) is 0.250. The molecule has 3 aromatic heterocycles. The van der Waals surface area contributed by atoms with E-state index < -0.39 is 17.7 Å². The molecule has 6 rings (SSSR count). The highest BCUT2D eigenvalue weighted by Gasteiger charge is 2.28. The maximum Gasteiger partial charge on any atom is 0.411 e. The number of aromatic amines is 1. The van der Waals surface area contributed by atoms with E-state index in [4.69, 9.17) is 16.3 Å². The number of hydrogen-bond acceptors (Lipinski definition) is 8. The zero-order valence-corrected chi connectivity index (χ0v) is 25.8. The number of fused-ring (bicyclic) bond motifs is 1. The van der Waals surface area contributed by atoms with Crippen LogP contribution in [-0.2, 0) is 15.9 Å². The number of hydrogen-bond donors (Lipinski definition) is 2. The molecule has 0 fully saturated rings. The highest BCUT2D eigenvalue weighted by molar-refractivity contribution is 6.31. The van der Waals surface area contributed by atoms with Crippen LogP contribution in [0, 0.1) is 0 Å². The Labute approximate surface area is 263 Å². The number of benzene rings is 2. The summed E-state index contributed by atoms with van der Waals surface area (Å²) in [5.74, 6) is 0.0934. The van der Waals surface area contributed by atoms with Crippen LogP contribution in [0.15, 0.2) is 71.8 Å². The fourth-order valence-electron chi connectivity index (χ4n) is 5.31. The molecule has 2 N–H and O–H groups in total. The Morgan fingerprint density at radius 3 is 2.58 bits per heavy atom. The van der Waals surface area contributed by atoms with E-state index in [1.807, 2.05) is 18.2 Å². The largest absolute Gasteiger partial charge is 0.455 e. The van der Waals surface area contributed by atoms with Gasteiger partial charge in [-0.2, -0.15) is 0 Å². The summed E-state index contributed by atoms with van der Waals surface area (Å²) < 4.78 is 13.3. The number of imidazole rings is 1. The number of anilines is 1. The SMILES string of the molecule is COC(=O)Nc1ccc(-c2cnc([C@@H]3CCc4cc(-c5cc(Cl)ccc5-n5cc(C(=O)OC(C)(C)C)nn5)cc(=O)n43)[nH]2)cc1. The average Bonchev–Trinajstić information content (AvgIpc) is 3.76. The van der Waals surface area contributed by atoms with E-state index in [-0.39, 0.29) is 17.3 Å². The number of H-pyrrole nitrogens is 1. The molecule has 1 aliphatic heterocycles. The zero-order chi connectivity index (χ0) is 31.9. The highest BCUT2D eigenvalue weighted by atomic mass is 35.5. The van der Waals surface area contributed by atoms with E-state index in [2.05, 4.69) is 30.3 Å². The van der Waals surface area contributed by atoms with Crippen molar-refractivity contribution in [3.05, 3.63) is 99.6 Å². The van der Waals surface area contributed by atoms with Crippen LogP contribution in [0.2, 0.25) is 5.02 Å². The first-order chi connectivity index (χ1) is 21.5. The van der Waals surface area contributed by atoms with Crippen molar-refractivity contribution in [2.45, 2.75) is 45.3 Å². The molecule has 4 heterocycles. The molecule has 13 heteroatoms. The Hall–Kier alpha value is -5.23. The van der Waals surface area contributed by atoms with Crippen molar-refractivity contribution in [3.8, 4) is 28.1 Å². The number of rotatable bonds is 6. The maximum absolute atomic E-state index is 13.6. The van der Waals surface area contributed by atoms with Crippen LogP contribution in [0.3, 0.4) is 0 Å². The van der Waals surface area contributed by atoms with E-state index in [0.717, 1.165) is 17.0 Å². The van der Waals surface area contributed by atoms with E-state index in [0.29, 0.717) is 46.2 Å². The summed E-state index contributed by atoms with van der Waals surface area (Å²) in [6.45, 7) is 5.34. The summed E-state index contributed by atoms with van der Waals surface area (Å²) in [5.41, 5.74) is 4.27. The quantitative estimate of drug-likeness (QED) is 0.224. The number of aromatic nitrogens is 6. The number of nitrogens with zero attached hydrogens (tertiary/aromatic N) is 5. The van der Waals surface area contributed by atoms with Crippen LogP contribution < -0.4 is 10.9 Å². The lowest BCUT2D eigenvalue weighted by molar-refractivity contribution is 0.00626. The van der Waals surface area contributed by atoms with Gasteiger partial charge in [0.15, 0.2) is 5.69 Å². The first-order valence-electron chi connectivity index (χ1n) is 14.2. The monoisotopic (exact) mass is 627 g/mol. The Balaban J connectivity index is 1.28. The topological polar surface area (TPSA) is 146 Å². The third-order valence-corrected chi connectivity index (χ3v) is 7.53. The van der Waals surface area contributed by atoms with Crippen molar-refractivity contribution in [2.24, 2.45) is 0 Å². The summed E-state index contributed by atoms with van der Waals surface area (Å²) in [5, 5.41) is 11.3. The van der Waals surface area contributed by atoms with Crippen molar-refractivity contribution in [2.75, 3.05) is 12.4 Å². The van der Waals surface area contributed by atoms with E-state index in [9.17, 15) is 14.4 Å². The number of pyridine rings is 1. The Morgan fingerprint density at radius 1 is 1.07 bits per heavy atom. The minimum atomic E-state index is -0.677. The van der Waals surface area contributed by atoms with Crippen LogP contribution in [-0.4, -0.2) is 54.3 Å². The van der Waals surface area contributed by atoms with Gasteiger partial charge in [-0.25, -0.2) is 19.3 Å². The first kappa shape index (κ1) is 29.8. The minimum absolute atomic E-state index is 0.0642. The Morgan fingerprint density at radius 2 is 1.84 bits per heavy atom. The number of halogens is 1. The van der Waals surface area contributed by atoms with Gasteiger partial charge in [0.25, 0.3) is 5.56 Å². The molecule has 1 amide bonds. The molecule has 0 saturated heterocycles. The standard InChI is InChI=1S/C32H30ClN7O5/c1-32(2,3)45-30(42)25-17-39(38-37-25)26-11-7-20(33)15-23(26)19-13-22-10-12-27(40(22)28(41)14-19)29-34-16-24(36-29)18-5-8-21(9-6-18)35-31(43)44-4/h5-9,11,13-17,27H,10,12H2,1-4H3,(H,34,36)(H,35,43)/t27-/m0/s1. The van der Waals surface area contributed by atoms with Gasteiger partial charge in [0.2, 0.25) is 0 Å². The molecule has 2 aromatic carbocycles. The molecule has 0 unspecified atom stereocenters. The fourth-order valence-corrected chi connectivity index (χ4v) is 5.48. The molecule has 0 bridgehead atoms. The lowest BCUT2D eigenvalue weighted by Gasteiger charge is -2.18. The number of amides is 1. The number of methoxy groups -OCH3 is 1. The second-order valence-electron chi connectivity index (χ2n) is 11.6. The van der Waals surface area contributed by atoms with Crippen LogP contribution in [0.5, 0.6) is 0 Å². The molecule has 230 valence electrons. The van der Waals surface area contributed by atoms with Gasteiger partial charge in [-0.15, -0.1) is 5.10 Å². The van der Waals surface area contributed by atoms with E-state index in [1.54, 1.807) is 67.9 Å². The highest BCUT2D eigenvalue weighted by Crippen LogP contribution is 2.34. The predicted octanol–water partition coefficient (Wildman–Crippen LogP) is 5.81. The van der Waals surface area contributed by atoms with Gasteiger partial charge in [-0.3, -0.25) is 10.1 Å². The molecule has 1 aliphatic rings. The molecule has 1 atom stereocenters. The lowest BCUT2D eigenvalue weighted by Crippen LogP contribution is -2.24. The number of carbonyl (C=O) groups is 2. The Bertz CT molecular complexity index is 1970. The smallest absolute Gasteiger partial charge is 0.411 e.